The highest BCUT2D eigenvalue weighted by molar-refractivity contribution is 5.62. The number of halogens is 1. The molecule has 0 amide bonds. The van der Waals surface area contributed by atoms with Crippen molar-refractivity contribution in [1.82, 2.24) is 9.88 Å². The molecule has 0 N–H and O–H groups in total. The Bertz CT molecular complexity index is 898. The summed E-state index contributed by atoms with van der Waals surface area (Å²) < 4.78 is 19.9. The number of nitrogens with zero attached hydrogens (tertiary/aromatic N) is 4. The first-order chi connectivity index (χ1) is 13.9. The summed E-state index contributed by atoms with van der Waals surface area (Å²) in [5.74, 6) is 0.870. The molecule has 0 bridgehead atoms. The van der Waals surface area contributed by atoms with E-state index in [-0.39, 0.29) is 5.56 Å². The monoisotopic (exact) mass is 396 g/mol. The van der Waals surface area contributed by atoms with Crippen molar-refractivity contribution in [2.45, 2.75) is 33.7 Å². The fraction of sp³-hybridized carbons (Fsp3) is 0.478. The van der Waals surface area contributed by atoms with Gasteiger partial charge in [0.2, 0.25) is 0 Å². The van der Waals surface area contributed by atoms with Crippen LogP contribution in [0.15, 0.2) is 24.4 Å². The number of piperazine rings is 1. The lowest BCUT2D eigenvalue weighted by molar-refractivity contribution is 0.246. The van der Waals surface area contributed by atoms with Crippen LogP contribution < -0.4 is 9.64 Å². The molecular weight excluding hydrogens is 367 g/mol. The fourth-order valence-corrected chi connectivity index (χ4v) is 3.89. The molecule has 1 aliphatic heterocycles. The number of aromatic nitrogens is 1. The second-order valence-electron chi connectivity index (χ2n) is 8.03. The maximum Gasteiger partial charge on any atom is 0.143 e. The SMILES string of the molecule is COc1ccnc(CN2CCN(c3cc(CC(C)C)cc(F)c3C#N)CC2)c1C. The molecule has 1 saturated heterocycles. The topological polar surface area (TPSA) is 52.4 Å². The number of ether oxygens (including phenoxy) is 1. The number of anilines is 1. The first kappa shape index (κ1) is 21.1. The molecule has 5 nitrogen and oxygen atoms in total. The number of rotatable bonds is 6. The van der Waals surface area contributed by atoms with Gasteiger partial charge in [-0.15, -0.1) is 0 Å². The van der Waals surface area contributed by atoms with Crippen LogP contribution in [-0.4, -0.2) is 43.2 Å². The van der Waals surface area contributed by atoms with E-state index >= 15 is 0 Å². The third kappa shape index (κ3) is 4.86. The molecular formula is C23H29FN4O. The van der Waals surface area contributed by atoms with Crippen molar-refractivity contribution in [1.29, 1.82) is 5.26 Å². The predicted octanol–water partition coefficient (Wildman–Crippen LogP) is 3.93. The van der Waals surface area contributed by atoms with E-state index in [1.807, 2.05) is 19.1 Å². The van der Waals surface area contributed by atoms with Gasteiger partial charge in [0.25, 0.3) is 0 Å². The summed E-state index contributed by atoms with van der Waals surface area (Å²) in [6.45, 7) is 10.2. The van der Waals surface area contributed by atoms with Gasteiger partial charge in [-0.25, -0.2) is 4.39 Å². The van der Waals surface area contributed by atoms with Gasteiger partial charge in [0.05, 0.1) is 18.5 Å². The van der Waals surface area contributed by atoms with E-state index in [2.05, 4.69) is 34.7 Å². The quantitative estimate of drug-likeness (QED) is 0.741. The van der Waals surface area contributed by atoms with Gasteiger partial charge >= 0.3 is 0 Å². The second kappa shape index (κ2) is 9.23. The van der Waals surface area contributed by atoms with E-state index < -0.39 is 5.82 Å². The molecule has 0 spiro atoms. The zero-order valence-electron chi connectivity index (χ0n) is 17.7. The summed E-state index contributed by atoms with van der Waals surface area (Å²) in [5.41, 5.74) is 3.90. The molecule has 1 aromatic carbocycles. The van der Waals surface area contributed by atoms with Crippen LogP contribution in [0, 0.1) is 30.0 Å². The zero-order valence-corrected chi connectivity index (χ0v) is 17.7. The first-order valence-corrected chi connectivity index (χ1v) is 10.1. The summed E-state index contributed by atoms with van der Waals surface area (Å²) >= 11 is 0. The highest BCUT2D eigenvalue weighted by atomic mass is 19.1. The van der Waals surface area contributed by atoms with Crippen LogP contribution in [0.1, 0.15) is 36.2 Å². The largest absolute Gasteiger partial charge is 0.496 e. The lowest BCUT2D eigenvalue weighted by Crippen LogP contribution is -2.46. The normalized spacial score (nSPS) is 14.9. The van der Waals surface area contributed by atoms with Crippen LogP contribution in [0.25, 0.3) is 0 Å². The molecule has 0 atom stereocenters. The fourth-order valence-electron chi connectivity index (χ4n) is 3.89. The zero-order chi connectivity index (χ0) is 21.0. The van der Waals surface area contributed by atoms with Crippen LogP contribution in [-0.2, 0) is 13.0 Å². The minimum Gasteiger partial charge on any atom is -0.496 e. The Morgan fingerprint density at radius 2 is 1.97 bits per heavy atom. The van der Waals surface area contributed by atoms with Crippen molar-refractivity contribution in [2.75, 3.05) is 38.2 Å². The maximum atomic E-state index is 14.5. The molecule has 154 valence electrons. The van der Waals surface area contributed by atoms with Gasteiger partial charge in [-0.3, -0.25) is 9.88 Å². The van der Waals surface area contributed by atoms with Crippen molar-refractivity contribution in [2.24, 2.45) is 5.92 Å². The maximum absolute atomic E-state index is 14.5. The number of pyridine rings is 1. The molecule has 1 fully saturated rings. The lowest BCUT2D eigenvalue weighted by Gasteiger charge is -2.36. The number of benzene rings is 1. The summed E-state index contributed by atoms with van der Waals surface area (Å²) in [5, 5.41) is 9.48. The van der Waals surface area contributed by atoms with Crippen LogP contribution in [0.2, 0.25) is 0 Å². The number of methoxy groups -OCH3 is 1. The Kier molecular flexibility index (Phi) is 6.71. The Morgan fingerprint density at radius 1 is 1.24 bits per heavy atom. The van der Waals surface area contributed by atoms with Crippen molar-refractivity contribution in [3.05, 3.63) is 52.6 Å². The van der Waals surface area contributed by atoms with Gasteiger partial charge in [0.15, 0.2) is 0 Å². The minimum atomic E-state index is -0.417. The van der Waals surface area contributed by atoms with E-state index in [4.69, 9.17) is 4.74 Å². The third-order valence-electron chi connectivity index (χ3n) is 5.45. The summed E-state index contributed by atoms with van der Waals surface area (Å²) in [4.78, 5) is 8.98. The Labute approximate surface area is 172 Å². The van der Waals surface area contributed by atoms with Gasteiger partial charge in [0.1, 0.15) is 23.2 Å². The molecule has 3 rings (SSSR count). The molecule has 1 aliphatic rings. The molecule has 0 saturated carbocycles. The van der Waals surface area contributed by atoms with Crippen molar-refractivity contribution < 1.29 is 9.13 Å². The van der Waals surface area contributed by atoms with E-state index in [0.29, 0.717) is 5.92 Å². The van der Waals surface area contributed by atoms with Gasteiger partial charge < -0.3 is 9.64 Å². The number of hydrogen-bond donors (Lipinski definition) is 0. The Morgan fingerprint density at radius 3 is 2.59 bits per heavy atom. The third-order valence-corrected chi connectivity index (χ3v) is 5.45. The van der Waals surface area contributed by atoms with Gasteiger partial charge in [-0.2, -0.15) is 5.26 Å². The van der Waals surface area contributed by atoms with Crippen molar-refractivity contribution >= 4 is 5.69 Å². The average molecular weight is 397 g/mol. The van der Waals surface area contributed by atoms with E-state index in [9.17, 15) is 9.65 Å². The van der Waals surface area contributed by atoms with E-state index in [1.165, 1.54) is 6.07 Å². The minimum absolute atomic E-state index is 0.149. The van der Waals surface area contributed by atoms with Crippen LogP contribution >= 0.6 is 0 Å². The molecule has 2 aromatic rings. The average Bonchev–Trinajstić information content (AvgIpc) is 2.69. The van der Waals surface area contributed by atoms with E-state index in [0.717, 1.165) is 67.4 Å². The smallest absolute Gasteiger partial charge is 0.143 e. The first-order valence-electron chi connectivity index (χ1n) is 10.1. The molecule has 6 heteroatoms. The Balaban J connectivity index is 1.72. The van der Waals surface area contributed by atoms with E-state index in [1.54, 1.807) is 13.3 Å². The van der Waals surface area contributed by atoms with Crippen molar-refractivity contribution in [3.8, 4) is 11.8 Å². The van der Waals surface area contributed by atoms with Gasteiger partial charge in [-0.05, 0) is 43.0 Å². The van der Waals surface area contributed by atoms with Crippen LogP contribution in [0.3, 0.4) is 0 Å². The van der Waals surface area contributed by atoms with Gasteiger partial charge in [0, 0.05) is 44.5 Å². The standard InChI is InChI=1S/C23H29FN4O/c1-16(2)11-18-12-20(24)19(14-25)22(13-18)28-9-7-27(8-10-28)15-21-17(3)23(29-4)5-6-26-21/h5-6,12-13,16H,7-11,15H2,1-4H3. The number of nitriles is 1. The molecule has 0 unspecified atom stereocenters. The summed E-state index contributed by atoms with van der Waals surface area (Å²) in [6.07, 6.45) is 2.58. The van der Waals surface area contributed by atoms with Crippen LogP contribution in [0.5, 0.6) is 5.75 Å². The lowest BCUT2D eigenvalue weighted by atomic mass is 9.99. The highest BCUT2D eigenvalue weighted by Gasteiger charge is 2.23. The Hall–Kier alpha value is -2.65. The second-order valence-corrected chi connectivity index (χ2v) is 8.03. The predicted molar refractivity (Wildman–Crippen MR) is 113 cm³/mol. The van der Waals surface area contributed by atoms with Crippen LogP contribution in [0.4, 0.5) is 10.1 Å². The molecule has 0 aliphatic carbocycles. The van der Waals surface area contributed by atoms with Gasteiger partial charge in [-0.1, -0.05) is 13.8 Å². The molecule has 0 radical (unpaired) electrons. The highest BCUT2D eigenvalue weighted by Crippen LogP contribution is 2.28. The van der Waals surface area contributed by atoms with Crippen molar-refractivity contribution in [3.63, 3.8) is 0 Å². The number of hydrogen-bond acceptors (Lipinski definition) is 5. The summed E-state index contributed by atoms with van der Waals surface area (Å²) in [7, 11) is 1.67. The molecule has 2 heterocycles. The molecule has 29 heavy (non-hydrogen) atoms. The summed E-state index contributed by atoms with van der Waals surface area (Å²) in [6, 6.07) is 7.43. The molecule has 1 aromatic heterocycles.